The fourth-order valence-corrected chi connectivity index (χ4v) is 1.42. The molecule has 14 heavy (non-hydrogen) atoms. The van der Waals surface area contributed by atoms with Crippen molar-refractivity contribution in [3.05, 3.63) is 0 Å². The summed E-state index contributed by atoms with van der Waals surface area (Å²) in [4.78, 5) is 11.0. The highest BCUT2D eigenvalue weighted by atomic mass is 16.5. The molecule has 0 amide bonds. The predicted molar refractivity (Wildman–Crippen MR) is 61.3 cm³/mol. The molecule has 2 heteroatoms. The number of hydrogen-bond donors (Lipinski definition) is 0. The molecule has 0 atom stereocenters. The molecule has 0 saturated heterocycles. The Morgan fingerprint density at radius 2 is 1.57 bits per heavy atom. The van der Waals surface area contributed by atoms with Crippen molar-refractivity contribution in [2.24, 2.45) is 5.92 Å². The summed E-state index contributed by atoms with van der Waals surface area (Å²) < 4.78 is 4.89. The van der Waals surface area contributed by atoms with Crippen molar-refractivity contribution in [3.63, 3.8) is 0 Å². The lowest BCUT2D eigenvalue weighted by Gasteiger charge is -2.06. The summed E-state index contributed by atoms with van der Waals surface area (Å²) in [6, 6.07) is 0. The highest BCUT2D eigenvalue weighted by Crippen LogP contribution is 2.25. The zero-order valence-electron chi connectivity index (χ0n) is 10.4. The maximum Gasteiger partial charge on any atom is 0.308 e. The van der Waals surface area contributed by atoms with E-state index in [-0.39, 0.29) is 11.9 Å². The van der Waals surface area contributed by atoms with Crippen molar-refractivity contribution in [1.82, 2.24) is 0 Å². The van der Waals surface area contributed by atoms with Gasteiger partial charge in [0.25, 0.3) is 0 Å². The van der Waals surface area contributed by atoms with Crippen LogP contribution in [0.1, 0.15) is 60.3 Å². The Labute approximate surface area is 89.0 Å². The molecule has 0 aromatic heterocycles. The van der Waals surface area contributed by atoms with Crippen molar-refractivity contribution in [2.45, 2.75) is 60.3 Å². The number of carbonyl (C=O) groups excluding carboxylic acids is 1. The molecule has 1 aliphatic carbocycles. The van der Waals surface area contributed by atoms with Crippen molar-refractivity contribution in [3.8, 4) is 0 Å². The lowest BCUT2D eigenvalue weighted by molar-refractivity contribution is -0.147. The second-order valence-electron chi connectivity index (χ2n) is 2.73. The van der Waals surface area contributed by atoms with Gasteiger partial charge in [-0.2, -0.15) is 0 Å². The third kappa shape index (κ3) is 6.93. The van der Waals surface area contributed by atoms with Gasteiger partial charge in [-0.1, -0.05) is 40.5 Å². The molecule has 1 fully saturated rings. The van der Waals surface area contributed by atoms with Crippen LogP contribution in [0, 0.1) is 5.92 Å². The fraction of sp³-hybridized carbons (Fsp3) is 0.917. The minimum Gasteiger partial charge on any atom is -0.466 e. The molecule has 0 radical (unpaired) electrons. The van der Waals surface area contributed by atoms with Crippen LogP contribution < -0.4 is 0 Å². The molecule has 1 rings (SSSR count). The lowest BCUT2D eigenvalue weighted by Crippen LogP contribution is -2.13. The largest absolute Gasteiger partial charge is 0.466 e. The summed E-state index contributed by atoms with van der Waals surface area (Å²) in [6.45, 7) is 10.4. The summed E-state index contributed by atoms with van der Waals surface area (Å²) in [7, 11) is 0. The Morgan fingerprint density at radius 1 is 1.14 bits per heavy atom. The van der Waals surface area contributed by atoms with Gasteiger partial charge in [0.15, 0.2) is 0 Å². The smallest absolute Gasteiger partial charge is 0.308 e. The summed E-state index contributed by atoms with van der Waals surface area (Å²) in [5.74, 6) is 0.236. The summed E-state index contributed by atoms with van der Waals surface area (Å²) >= 11 is 0. The number of carbonyl (C=O) groups is 1. The van der Waals surface area contributed by atoms with E-state index in [0.29, 0.717) is 6.61 Å². The average molecular weight is 202 g/mol. The van der Waals surface area contributed by atoms with Gasteiger partial charge in [0.1, 0.15) is 0 Å². The molecule has 0 bridgehead atoms. The summed E-state index contributed by atoms with van der Waals surface area (Å²) in [5, 5.41) is 0. The van der Waals surface area contributed by atoms with E-state index in [1.165, 1.54) is 12.8 Å². The van der Waals surface area contributed by atoms with E-state index in [9.17, 15) is 4.79 Å². The normalized spacial score (nSPS) is 14.6. The maximum absolute atomic E-state index is 11.0. The molecule has 0 spiro atoms. The van der Waals surface area contributed by atoms with Crippen LogP contribution in [0.15, 0.2) is 0 Å². The van der Waals surface area contributed by atoms with Gasteiger partial charge < -0.3 is 4.74 Å². The highest BCUT2D eigenvalue weighted by molar-refractivity contribution is 5.72. The van der Waals surface area contributed by atoms with Crippen LogP contribution in [0.25, 0.3) is 0 Å². The number of hydrogen-bond acceptors (Lipinski definition) is 2. The van der Waals surface area contributed by atoms with Gasteiger partial charge in [0.2, 0.25) is 0 Å². The number of esters is 1. The maximum atomic E-state index is 11.0. The van der Waals surface area contributed by atoms with E-state index in [4.69, 9.17) is 4.74 Å². The molecule has 0 unspecified atom stereocenters. The van der Waals surface area contributed by atoms with Crippen molar-refractivity contribution >= 4 is 5.97 Å². The lowest BCUT2D eigenvalue weighted by atomic mass is 10.1. The van der Waals surface area contributed by atoms with Crippen LogP contribution in [-0.2, 0) is 9.53 Å². The number of ether oxygens (including phenoxy) is 1. The van der Waals surface area contributed by atoms with Gasteiger partial charge in [-0.3, -0.25) is 4.79 Å². The second kappa shape index (κ2) is 12.5. The van der Waals surface area contributed by atoms with Crippen molar-refractivity contribution in [1.29, 1.82) is 0 Å². The SMILES string of the molecule is CC.CC.CCOC(=O)C1CCCC1. The van der Waals surface area contributed by atoms with E-state index in [1.807, 2.05) is 34.6 Å². The molecule has 1 saturated carbocycles. The van der Waals surface area contributed by atoms with Gasteiger partial charge in [-0.05, 0) is 19.8 Å². The quantitative estimate of drug-likeness (QED) is 0.637. The average Bonchev–Trinajstić information content (AvgIpc) is 2.77. The molecular weight excluding hydrogens is 176 g/mol. The van der Waals surface area contributed by atoms with Gasteiger partial charge in [-0.25, -0.2) is 0 Å². The van der Waals surface area contributed by atoms with Gasteiger partial charge >= 0.3 is 5.97 Å². The molecule has 2 nitrogen and oxygen atoms in total. The van der Waals surface area contributed by atoms with Crippen molar-refractivity contribution < 1.29 is 9.53 Å². The molecule has 86 valence electrons. The topological polar surface area (TPSA) is 26.3 Å². The van der Waals surface area contributed by atoms with Gasteiger partial charge in [0, 0.05) is 0 Å². The Hall–Kier alpha value is -0.530. The Morgan fingerprint density at radius 3 is 1.93 bits per heavy atom. The standard InChI is InChI=1S/C8H14O2.2C2H6/c1-2-10-8(9)7-5-3-4-6-7;2*1-2/h7H,2-6H2,1H3;2*1-2H3. The van der Waals surface area contributed by atoms with E-state index >= 15 is 0 Å². The molecule has 1 aliphatic rings. The summed E-state index contributed by atoms with van der Waals surface area (Å²) in [6.07, 6.45) is 4.48. The first kappa shape index (κ1) is 15.9. The van der Waals surface area contributed by atoms with Crippen LogP contribution >= 0.6 is 0 Å². The molecule has 0 aliphatic heterocycles. The van der Waals surface area contributed by atoms with Crippen LogP contribution in [0.4, 0.5) is 0 Å². The molecule has 0 heterocycles. The minimum absolute atomic E-state index is 0.0139. The van der Waals surface area contributed by atoms with E-state index in [2.05, 4.69) is 0 Å². The fourth-order valence-electron chi connectivity index (χ4n) is 1.42. The minimum atomic E-state index is 0.0139. The third-order valence-electron chi connectivity index (χ3n) is 1.98. The monoisotopic (exact) mass is 202 g/mol. The molecule has 0 aromatic rings. The molecule has 0 N–H and O–H groups in total. The molecule has 0 aromatic carbocycles. The van der Waals surface area contributed by atoms with E-state index in [1.54, 1.807) is 0 Å². The Balaban J connectivity index is 0. The van der Waals surface area contributed by atoms with Crippen LogP contribution in [-0.4, -0.2) is 12.6 Å². The Kier molecular flexibility index (Phi) is 14.2. The number of rotatable bonds is 2. The Bertz CT molecular complexity index is 115. The second-order valence-corrected chi connectivity index (χ2v) is 2.73. The van der Waals surface area contributed by atoms with Crippen LogP contribution in [0.3, 0.4) is 0 Å². The van der Waals surface area contributed by atoms with Crippen molar-refractivity contribution in [2.75, 3.05) is 6.61 Å². The highest BCUT2D eigenvalue weighted by Gasteiger charge is 2.23. The van der Waals surface area contributed by atoms with Gasteiger partial charge in [0.05, 0.1) is 12.5 Å². The first-order valence-corrected chi connectivity index (χ1v) is 6.01. The zero-order valence-corrected chi connectivity index (χ0v) is 10.4. The third-order valence-corrected chi connectivity index (χ3v) is 1.98. The van der Waals surface area contributed by atoms with Gasteiger partial charge in [-0.15, -0.1) is 0 Å². The predicted octanol–water partition coefficient (Wildman–Crippen LogP) is 3.79. The molecular formula is C12H26O2. The van der Waals surface area contributed by atoms with Crippen LogP contribution in [0.5, 0.6) is 0 Å². The van der Waals surface area contributed by atoms with Crippen LogP contribution in [0.2, 0.25) is 0 Å². The summed E-state index contributed by atoms with van der Waals surface area (Å²) in [5.41, 5.74) is 0. The zero-order chi connectivity index (χ0) is 11.4. The first-order chi connectivity index (χ1) is 6.84. The first-order valence-electron chi connectivity index (χ1n) is 6.01. The van der Waals surface area contributed by atoms with E-state index in [0.717, 1.165) is 12.8 Å². The van der Waals surface area contributed by atoms with E-state index < -0.39 is 0 Å².